The smallest absolute Gasteiger partial charge is 0.0771 e. The zero-order valence-corrected chi connectivity index (χ0v) is 11.3. The fourth-order valence-electron chi connectivity index (χ4n) is 2.64. The van der Waals surface area contributed by atoms with Gasteiger partial charge in [0, 0.05) is 0 Å². The van der Waals surface area contributed by atoms with Crippen LogP contribution in [-0.2, 0) is 4.74 Å². The Labute approximate surface area is 100 Å². The zero-order chi connectivity index (χ0) is 12.2. The van der Waals surface area contributed by atoms with E-state index in [0.29, 0.717) is 24.0 Å². The average Bonchev–Trinajstić information content (AvgIpc) is 2.25. The molecule has 0 radical (unpaired) electrons. The molecule has 1 N–H and O–H groups in total. The third kappa shape index (κ3) is 4.06. The molecule has 96 valence electrons. The molecule has 0 aromatic carbocycles. The number of hydrogen-bond acceptors (Lipinski definition) is 2. The Balaban J connectivity index is 2.47. The molecule has 0 saturated heterocycles. The molecule has 0 aliphatic heterocycles. The molecule has 2 nitrogen and oxygen atoms in total. The van der Waals surface area contributed by atoms with Crippen LogP contribution in [0.2, 0.25) is 0 Å². The van der Waals surface area contributed by atoms with Crippen molar-refractivity contribution in [2.75, 3.05) is 6.61 Å². The summed E-state index contributed by atoms with van der Waals surface area (Å²) in [5.74, 6) is 0.644. The molecule has 0 unspecified atom stereocenters. The summed E-state index contributed by atoms with van der Waals surface area (Å²) in [6, 6.07) is 0. The highest BCUT2D eigenvalue weighted by Gasteiger charge is 2.34. The fourth-order valence-corrected chi connectivity index (χ4v) is 2.64. The van der Waals surface area contributed by atoms with E-state index in [2.05, 4.69) is 20.8 Å². The van der Waals surface area contributed by atoms with Crippen molar-refractivity contribution in [3.8, 4) is 0 Å². The maximum atomic E-state index is 9.55. The van der Waals surface area contributed by atoms with Gasteiger partial charge in [0.25, 0.3) is 0 Å². The zero-order valence-electron chi connectivity index (χ0n) is 11.3. The van der Waals surface area contributed by atoms with Crippen LogP contribution in [0.1, 0.15) is 59.8 Å². The second-order valence-electron chi connectivity index (χ2n) is 6.19. The van der Waals surface area contributed by atoms with Crippen LogP contribution in [-0.4, -0.2) is 23.9 Å². The fraction of sp³-hybridized carbons (Fsp3) is 1.00. The summed E-state index contributed by atoms with van der Waals surface area (Å²) in [6.07, 6.45) is 5.90. The van der Waals surface area contributed by atoms with Crippen LogP contribution in [0.25, 0.3) is 0 Å². The molecule has 1 saturated carbocycles. The molecule has 0 aromatic heterocycles. The van der Waals surface area contributed by atoms with Gasteiger partial charge in [0.2, 0.25) is 0 Å². The lowest BCUT2D eigenvalue weighted by Crippen LogP contribution is -2.38. The number of rotatable bonds is 4. The Morgan fingerprint density at radius 2 is 1.88 bits per heavy atom. The van der Waals surface area contributed by atoms with E-state index in [1.54, 1.807) is 0 Å². The highest BCUT2D eigenvalue weighted by molar-refractivity contribution is 4.84. The molecule has 3 atom stereocenters. The summed E-state index contributed by atoms with van der Waals surface area (Å²) in [7, 11) is 0. The van der Waals surface area contributed by atoms with Gasteiger partial charge in [-0.2, -0.15) is 0 Å². The Morgan fingerprint density at radius 3 is 2.44 bits per heavy atom. The van der Waals surface area contributed by atoms with Crippen LogP contribution >= 0.6 is 0 Å². The lowest BCUT2D eigenvalue weighted by atomic mass is 9.70. The van der Waals surface area contributed by atoms with Crippen molar-refractivity contribution in [3.05, 3.63) is 0 Å². The molecule has 1 rings (SSSR count). The summed E-state index contributed by atoms with van der Waals surface area (Å²) in [4.78, 5) is 0. The predicted molar refractivity (Wildman–Crippen MR) is 67.5 cm³/mol. The molecule has 0 amide bonds. The molecule has 1 aliphatic carbocycles. The molecule has 1 aliphatic rings. The molecule has 0 spiro atoms. The van der Waals surface area contributed by atoms with Gasteiger partial charge in [-0.05, 0) is 30.6 Å². The van der Waals surface area contributed by atoms with Crippen molar-refractivity contribution < 1.29 is 9.84 Å². The van der Waals surface area contributed by atoms with Crippen LogP contribution < -0.4 is 0 Å². The van der Waals surface area contributed by atoms with Gasteiger partial charge in [-0.15, -0.1) is 0 Å². The van der Waals surface area contributed by atoms with E-state index in [9.17, 15) is 5.11 Å². The molecule has 0 aromatic rings. The number of ether oxygens (including phenoxy) is 1. The number of aliphatic hydroxyl groups is 1. The van der Waals surface area contributed by atoms with Gasteiger partial charge in [-0.25, -0.2) is 0 Å². The Kier molecular flexibility index (Phi) is 5.26. The van der Waals surface area contributed by atoms with Crippen molar-refractivity contribution >= 4 is 0 Å². The lowest BCUT2D eigenvalue weighted by molar-refractivity contribution is -0.0756. The Morgan fingerprint density at radius 1 is 1.25 bits per heavy atom. The average molecular weight is 228 g/mol. The van der Waals surface area contributed by atoms with E-state index < -0.39 is 0 Å². The van der Waals surface area contributed by atoms with E-state index in [4.69, 9.17) is 4.74 Å². The van der Waals surface area contributed by atoms with Gasteiger partial charge in [0.05, 0.1) is 18.8 Å². The minimum atomic E-state index is -0.289. The van der Waals surface area contributed by atoms with E-state index in [-0.39, 0.29) is 6.10 Å². The Hall–Kier alpha value is -0.0800. The third-order valence-corrected chi connectivity index (χ3v) is 3.79. The van der Waals surface area contributed by atoms with Crippen molar-refractivity contribution in [1.82, 2.24) is 0 Å². The molecule has 0 bridgehead atoms. The molecular weight excluding hydrogens is 200 g/mol. The molecular formula is C14H28O2. The van der Waals surface area contributed by atoms with Crippen LogP contribution in [0.15, 0.2) is 0 Å². The third-order valence-electron chi connectivity index (χ3n) is 3.79. The maximum absolute atomic E-state index is 9.55. The molecule has 16 heavy (non-hydrogen) atoms. The first-order valence-electron chi connectivity index (χ1n) is 6.74. The predicted octanol–water partition coefficient (Wildman–Crippen LogP) is 3.38. The minimum Gasteiger partial charge on any atom is -0.391 e. The van der Waals surface area contributed by atoms with E-state index >= 15 is 0 Å². The van der Waals surface area contributed by atoms with Crippen molar-refractivity contribution in [2.24, 2.45) is 11.3 Å². The van der Waals surface area contributed by atoms with Gasteiger partial charge >= 0.3 is 0 Å². The highest BCUT2D eigenvalue weighted by Crippen LogP contribution is 2.39. The van der Waals surface area contributed by atoms with E-state index in [0.717, 1.165) is 6.42 Å². The topological polar surface area (TPSA) is 29.5 Å². The van der Waals surface area contributed by atoms with Crippen LogP contribution in [0.3, 0.4) is 0 Å². The summed E-state index contributed by atoms with van der Waals surface area (Å²) in [6.45, 7) is 9.41. The second kappa shape index (κ2) is 6.02. The largest absolute Gasteiger partial charge is 0.391 e. The standard InChI is InChI=1S/C14H28O2/c1-5-11(15)10-16-13-9-7-6-8-12(13)14(2,3)4/h11-13,15H,5-10H2,1-4H3/t11-,12+,13+/m0/s1. The normalized spacial score (nSPS) is 29.1. The van der Waals surface area contributed by atoms with Gasteiger partial charge in [-0.3, -0.25) is 0 Å². The summed E-state index contributed by atoms with van der Waals surface area (Å²) >= 11 is 0. The van der Waals surface area contributed by atoms with Gasteiger partial charge < -0.3 is 9.84 Å². The number of aliphatic hydroxyl groups excluding tert-OH is 1. The van der Waals surface area contributed by atoms with Crippen LogP contribution in [0.5, 0.6) is 0 Å². The second-order valence-corrected chi connectivity index (χ2v) is 6.19. The molecule has 0 heterocycles. The molecule has 2 heteroatoms. The van der Waals surface area contributed by atoms with Gasteiger partial charge in [0.15, 0.2) is 0 Å². The maximum Gasteiger partial charge on any atom is 0.0771 e. The summed E-state index contributed by atoms with van der Waals surface area (Å²) < 4.78 is 5.92. The van der Waals surface area contributed by atoms with Crippen LogP contribution in [0.4, 0.5) is 0 Å². The summed E-state index contributed by atoms with van der Waals surface area (Å²) in [5, 5.41) is 9.55. The van der Waals surface area contributed by atoms with E-state index in [1.807, 2.05) is 6.92 Å². The SMILES string of the molecule is CC[C@H](O)CO[C@@H]1CCCC[C@H]1C(C)(C)C. The van der Waals surface area contributed by atoms with Crippen molar-refractivity contribution in [2.45, 2.75) is 72.0 Å². The molecule has 1 fully saturated rings. The van der Waals surface area contributed by atoms with Gasteiger partial charge in [0.1, 0.15) is 0 Å². The highest BCUT2D eigenvalue weighted by atomic mass is 16.5. The first-order valence-corrected chi connectivity index (χ1v) is 6.74. The lowest BCUT2D eigenvalue weighted by Gasteiger charge is -2.40. The first kappa shape index (κ1) is 14.0. The first-order chi connectivity index (χ1) is 7.45. The van der Waals surface area contributed by atoms with Gasteiger partial charge in [-0.1, -0.05) is 40.5 Å². The summed E-state index contributed by atoms with van der Waals surface area (Å²) in [5.41, 5.74) is 0.322. The quantitative estimate of drug-likeness (QED) is 0.799. The Bertz CT molecular complexity index is 195. The van der Waals surface area contributed by atoms with Crippen molar-refractivity contribution in [1.29, 1.82) is 0 Å². The van der Waals surface area contributed by atoms with E-state index in [1.165, 1.54) is 25.7 Å². The van der Waals surface area contributed by atoms with Crippen LogP contribution in [0, 0.1) is 11.3 Å². The van der Waals surface area contributed by atoms with Crippen molar-refractivity contribution in [3.63, 3.8) is 0 Å². The number of hydrogen-bond donors (Lipinski definition) is 1. The monoisotopic (exact) mass is 228 g/mol. The minimum absolute atomic E-state index is 0.289.